The minimum atomic E-state index is -0.233. The van der Waals surface area contributed by atoms with Gasteiger partial charge in [0.2, 0.25) is 0 Å². The van der Waals surface area contributed by atoms with Crippen LogP contribution in [0.1, 0.15) is 15.9 Å². The molecule has 1 aliphatic heterocycles. The number of fused-ring (bicyclic) bond motifs is 3. The van der Waals surface area contributed by atoms with Crippen molar-refractivity contribution in [3.63, 3.8) is 0 Å². The Kier molecular flexibility index (Phi) is 4.48. The Hall–Kier alpha value is -3.65. The van der Waals surface area contributed by atoms with E-state index in [-0.39, 0.29) is 11.8 Å². The molecule has 0 unspecified atom stereocenters. The molecule has 1 aliphatic carbocycles. The Bertz CT molecular complexity index is 1130. The number of urea groups is 1. The summed E-state index contributed by atoms with van der Waals surface area (Å²) < 4.78 is 10.5. The number of nitrogens with one attached hydrogen (secondary N) is 2. The van der Waals surface area contributed by atoms with Gasteiger partial charge < -0.3 is 19.7 Å². The summed E-state index contributed by atoms with van der Waals surface area (Å²) in [4.78, 5) is 27.7. The lowest BCUT2D eigenvalue weighted by atomic mass is 10.0. The van der Waals surface area contributed by atoms with E-state index in [0.717, 1.165) is 16.9 Å². The lowest BCUT2D eigenvalue weighted by molar-refractivity contribution is 0.0564. The first-order valence-electron chi connectivity index (χ1n) is 9.72. The van der Waals surface area contributed by atoms with E-state index in [4.69, 9.17) is 9.47 Å². The van der Waals surface area contributed by atoms with Gasteiger partial charge in [-0.25, -0.2) is 4.79 Å². The fourth-order valence-corrected chi connectivity index (χ4v) is 3.91. The molecule has 0 radical (unpaired) electrons. The van der Waals surface area contributed by atoms with Crippen LogP contribution in [0.2, 0.25) is 0 Å². The zero-order valence-corrected chi connectivity index (χ0v) is 16.4. The van der Waals surface area contributed by atoms with Crippen molar-refractivity contribution in [3.05, 3.63) is 53.6 Å². The van der Waals surface area contributed by atoms with Crippen LogP contribution in [0, 0.1) is 0 Å². The monoisotopic (exact) mass is 404 g/mol. The van der Waals surface area contributed by atoms with Crippen molar-refractivity contribution in [1.29, 1.82) is 0 Å². The van der Waals surface area contributed by atoms with Gasteiger partial charge in [-0.05, 0) is 30.3 Å². The summed E-state index contributed by atoms with van der Waals surface area (Å²) in [5, 5.41) is 10.3. The van der Waals surface area contributed by atoms with E-state index < -0.39 is 0 Å². The second kappa shape index (κ2) is 7.31. The lowest BCUT2D eigenvalue weighted by Crippen LogP contribution is -2.43. The molecule has 2 heterocycles. The molecule has 1 aromatic heterocycles. The number of aromatic nitrogens is 2. The summed E-state index contributed by atoms with van der Waals surface area (Å²) in [5.74, 6) is 0.575. The minimum Gasteiger partial charge on any atom is -0.497 e. The molecule has 8 nitrogen and oxygen atoms in total. The highest BCUT2D eigenvalue weighted by Gasteiger charge is 2.35. The number of amides is 2. The van der Waals surface area contributed by atoms with Gasteiger partial charge in [0.15, 0.2) is 5.78 Å². The molecule has 152 valence electrons. The topological polar surface area (TPSA) is 96.5 Å². The normalized spacial score (nSPS) is 15.0. The molecule has 2 amide bonds. The zero-order chi connectivity index (χ0) is 20.7. The van der Waals surface area contributed by atoms with Gasteiger partial charge in [-0.2, -0.15) is 5.10 Å². The van der Waals surface area contributed by atoms with Crippen LogP contribution in [0.5, 0.6) is 5.75 Å². The largest absolute Gasteiger partial charge is 0.497 e. The molecule has 1 fully saturated rings. The van der Waals surface area contributed by atoms with Crippen LogP contribution in [-0.4, -0.2) is 60.3 Å². The summed E-state index contributed by atoms with van der Waals surface area (Å²) in [6.45, 7) is 2.08. The number of carbonyl (C=O) groups excluding carboxylic acids is 2. The van der Waals surface area contributed by atoms with Crippen LogP contribution < -0.4 is 10.1 Å². The van der Waals surface area contributed by atoms with Crippen LogP contribution in [0.15, 0.2) is 42.5 Å². The lowest BCUT2D eigenvalue weighted by Gasteiger charge is -2.27. The summed E-state index contributed by atoms with van der Waals surface area (Å²) in [5.41, 5.74) is 4.30. The van der Waals surface area contributed by atoms with Crippen LogP contribution in [0.25, 0.3) is 22.5 Å². The summed E-state index contributed by atoms with van der Waals surface area (Å²) >= 11 is 0. The van der Waals surface area contributed by atoms with Gasteiger partial charge in [0.1, 0.15) is 11.4 Å². The number of methoxy groups -OCH3 is 1. The number of hydrogen-bond acceptors (Lipinski definition) is 5. The van der Waals surface area contributed by atoms with Crippen molar-refractivity contribution in [1.82, 2.24) is 15.1 Å². The molecule has 0 atom stereocenters. The van der Waals surface area contributed by atoms with Crippen LogP contribution in [0.4, 0.5) is 10.5 Å². The number of aromatic amines is 1. The van der Waals surface area contributed by atoms with E-state index in [2.05, 4.69) is 15.5 Å². The predicted octanol–water partition coefficient (Wildman–Crippen LogP) is 3.16. The average Bonchev–Trinajstić information content (AvgIpc) is 3.35. The molecule has 30 heavy (non-hydrogen) atoms. The fourth-order valence-electron chi connectivity index (χ4n) is 3.91. The number of anilines is 1. The molecule has 1 saturated heterocycles. The van der Waals surface area contributed by atoms with E-state index in [1.54, 1.807) is 18.1 Å². The molecular formula is C22H20N4O4. The molecule has 8 heteroatoms. The molecule has 0 bridgehead atoms. The molecule has 3 aromatic rings. The molecular weight excluding hydrogens is 384 g/mol. The number of hydrogen-bond donors (Lipinski definition) is 2. The number of carbonyl (C=O) groups is 2. The van der Waals surface area contributed by atoms with Crippen LogP contribution in [-0.2, 0) is 4.74 Å². The molecule has 0 spiro atoms. The standard InChI is InChI=1S/C22H20N4O4/c1-29-14-7-5-13(6-8-14)19-18-20(25-24-19)15-3-2-4-16(17(15)21(18)27)23-22(28)26-9-11-30-12-10-26/h2-8H,9-12H2,1H3,(H,23,28)(H,24,25). The number of rotatable bonds is 3. The van der Waals surface area contributed by atoms with Crippen molar-refractivity contribution < 1.29 is 19.1 Å². The van der Waals surface area contributed by atoms with Crippen molar-refractivity contribution >= 4 is 17.5 Å². The van der Waals surface area contributed by atoms with Gasteiger partial charge in [-0.1, -0.05) is 12.1 Å². The van der Waals surface area contributed by atoms with Crippen molar-refractivity contribution in [2.45, 2.75) is 0 Å². The Balaban J connectivity index is 1.49. The van der Waals surface area contributed by atoms with Gasteiger partial charge in [0, 0.05) is 24.2 Å². The Morgan fingerprint density at radius 3 is 2.63 bits per heavy atom. The van der Waals surface area contributed by atoms with Crippen LogP contribution >= 0.6 is 0 Å². The smallest absolute Gasteiger partial charge is 0.322 e. The maximum Gasteiger partial charge on any atom is 0.322 e. The average molecular weight is 404 g/mol. The maximum atomic E-state index is 13.4. The third-order valence-corrected chi connectivity index (χ3v) is 5.46. The molecule has 2 aliphatic rings. The van der Waals surface area contributed by atoms with Gasteiger partial charge >= 0.3 is 6.03 Å². The second-order valence-corrected chi connectivity index (χ2v) is 7.14. The van der Waals surface area contributed by atoms with E-state index >= 15 is 0 Å². The maximum absolute atomic E-state index is 13.4. The third-order valence-electron chi connectivity index (χ3n) is 5.46. The molecule has 5 rings (SSSR count). The highest BCUT2D eigenvalue weighted by Crippen LogP contribution is 2.43. The minimum absolute atomic E-state index is 0.155. The highest BCUT2D eigenvalue weighted by atomic mass is 16.5. The molecule has 2 N–H and O–H groups in total. The van der Waals surface area contributed by atoms with E-state index in [0.29, 0.717) is 54.5 Å². The first-order valence-corrected chi connectivity index (χ1v) is 9.72. The number of ketones is 1. The number of benzene rings is 2. The van der Waals surface area contributed by atoms with E-state index in [1.807, 2.05) is 36.4 Å². The molecule has 0 saturated carbocycles. The molecule has 2 aromatic carbocycles. The van der Waals surface area contributed by atoms with Crippen molar-refractivity contribution in [3.8, 4) is 28.3 Å². The van der Waals surface area contributed by atoms with Gasteiger partial charge in [-0.3, -0.25) is 9.89 Å². The first-order chi connectivity index (χ1) is 14.7. The van der Waals surface area contributed by atoms with Gasteiger partial charge in [-0.15, -0.1) is 0 Å². The van der Waals surface area contributed by atoms with Crippen molar-refractivity contribution in [2.75, 3.05) is 38.7 Å². The van der Waals surface area contributed by atoms with Crippen molar-refractivity contribution in [2.24, 2.45) is 0 Å². The van der Waals surface area contributed by atoms with Gasteiger partial charge in [0.25, 0.3) is 0 Å². The quantitative estimate of drug-likeness (QED) is 0.547. The predicted molar refractivity (Wildman–Crippen MR) is 111 cm³/mol. The Morgan fingerprint density at radius 2 is 1.90 bits per heavy atom. The highest BCUT2D eigenvalue weighted by molar-refractivity contribution is 6.26. The second-order valence-electron chi connectivity index (χ2n) is 7.14. The number of nitrogens with zero attached hydrogens (tertiary/aromatic N) is 2. The Morgan fingerprint density at radius 1 is 1.13 bits per heavy atom. The third kappa shape index (κ3) is 2.93. The summed E-state index contributed by atoms with van der Waals surface area (Å²) in [6, 6.07) is 12.6. The number of H-pyrrole nitrogens is 1. The zero-order valence-electron chi connectivity index (χ0n) is 16.4. The fraction of sp³-hybridized carbons (Fsp3) is 0.227. The van der Waals surface area contributed by atoms with Crippen LogP contribution in [0.3, 0.4) is 0 Å². The number of ether oxygens (including phenoxy) is 2. The summed E-state index contributed by atoms with van der Waals surface area (Å²) in [6.07, 6.45) is 0. The number of morpholine rings is 1. The van der Waals surface area contributed by atoms with Gasteiger partial charge in [0.05, 0.1) is 42.8 Å². The van der Waals surface area contributed by atoms with E-state index in [9.17, 15) is 9.59 Å². The van der Waals surface area contributed by atoms with E-state index in [1.165, 1.54) is 0 Å². The summed E-state index contributed by atoms with van der Waals surface area (Å²) in [7, 11) is 1.61. The Labute approximate surface area is 172 Å². The first kappa shape index (κ1) is 18.4. The SMILES string of the molecule is COc1ccc(-c2n[nH]c3c2C(=O)c2c(NC(=O)N4CCOCC4)cccc2-3)cc1.